The second-order valence-electron chi connectivity index (χ2n) is 8.63. The number of hydrogen-bond donors (Lipinski definition) is 1. The van der Waals surface area contributed by atoms with Crippen LogP contribution in [0.1, 0.15) is 73.4 Å². The van der Waals surface area contributed by atoms with Crippen molar-refractivity contribution < 1.29 is 14.6 Å². The van der Waals surface area contributed by atoms with Crippen LogP contribution < -0.4 is 0 Å². The first-order valence-corrected chi connectivity index (χ1v) is 9.01. The zero-order chi connectivity index (χ0) is 18.7. The molecule has 0 bridgehead atoms. The number of carboxylic acids is 1. The molecule has 1 aromatic carbocycles. The van der Waals surface area contributed by atoms with Gasteiger partial charge in [0.25, 0.3) is 0 Å². The summed E-state index contributed by atoms with van der Waals surface area (Å²) in [5.74, 6) is -0.286. The summed E-state index contributed by atoms with van der Waals surface area (Å²) in [5.41, 5.74) is 3.35. The Bertz CT molecular complexity index is 881. The van der Waals surface area contributed by atoms with E-state index in [0.717, 1.165) is 12.8 Å². The lowest BCUT2D eigenvalue weighted by atomic mass is 9.74. The Morgan fingerprint density at radius 1 is 1.08 bits per heavy atom. The summed E-state index contributed by atoms with van der Waals surface area (Å²) in [6.45, 7) is 9.33. The number of nitrogens with zero attached hydrogens (tertiary/aromatic N) is 2. The summed E-state index contributed by atoms with van der Waals surface area (Å²) in [5, 5.41) is 9.06. The molecule has 1 aliphatic heterocycles. The largest absolute Gasteiger partial charge is 0.478 e. The third-order valence-electron chi connectivity index (χ3n) is 5.82. The number of carbonyl (C=O) groups is 1. The summed E-state index contributed by atoms with van der Waals surface area (Å²) in [6.07, 6.45) is 4.78. The van der Waals surface area contributed by atoms with Crippen molar-refractivity contribution in [1.29, 1.82) is 0 Å². The van der Waals surface area contributed by atoms with Gasteiger partial charge in [-0.25, -0.2) is 14.8 Å². The molecule has 136 valence electrons. The highest BCUT2D eigenvalue weighted by Crippen LogP contribution is 2.53. The number of rotatable bonds is 3. The number of aromatic nitrogens is 2. The van der Waals surface area contributed by atoms with Crippen LogP contribution in [0.15, 0.2) is 30.6 Å². The van der Waals surface area contributed by atoms with Crippen molar-refractivity contribution in [1.82, 2.24) is 9.97 Å². The van der Waals surface area contributed by atoms with Crippen molar-refractivity contribution in [3.8, 4) is 0 Å². The zero-order valence-electron chi connectivity index (χ0n) is 15.7. The van der Waals surface area contributed by atoms with E-state index >= 15 is 0 Å². The third kappa shape index (κ3) is 2.53. The second-order valence-corrected chi connectivity index (χ2v) is 8.63. The Kier molecular flexibility index (Phi) is 3.54. The SMILES string of the molecule is CC1(C)COC(C)(C)c2ccc(C3(c4ncc(C(=O)O)cn4)CC3)cc21. The molecule has 26 heavy (non-hydrogen) atoms. The van der Waals surface area contributed by atoms with E-state index < -0.39 is 5.97 Å². The Morgan fingerprint density at radius 3 is 2.31 bits per heavy atom. The van der Waals surface area contributed by atoms with Crippen molar-refractivity contribution in [2.45, 2.75) is 57.0 Å². The molecule has 5 heteroatoms. The summed E-state index contributed by atoms with van der Waals surface area (Å²) in [4.78, 5) is 19.8. The van der Waals surface area contributed by atoms with E-state index in [0.29, 0.717) is 12.4 Å². The van der Waals surface area contributed by atoms with Gasteiger partial charge in [-0.1, -0.05) is 32.0 Å². The minimum Gasteiger partial charge on any atom is -0.478 e. The molecule has 0 saturated heterocycles. The monoisotopic (exact) mass is 352 g/mol. The highest BCUT2D eigenvalue weighted by atomic mass is 16.5. The van der Waals surface area contributed by atoms with Crippen LogP contribution in [-0.2, 0) is 21.2 Å². The van der Waals surface area contributed by atoms with Gasteiger partial charge >= 0.3 is 5.97 Å². The van der Waals surface area contributed by atoms with Crippen LogP contribution in [0.2, 0.25) is 0 Å². The van der Waals surface area contributed by atoms with Gasteiger partial charge in [0.1, 0.15) is 5.82 Å². The number of fused-ring (bicyclic) bond motifs is 1. The van der Waals surface area contributed by atoms with E-state index in [-0.39, 0.29) is 22.0 Å². The third-order valence-corrected chi connectivity index (χ3v) is 5.82. The Morgan fingerprint density at radius 2 is 1.73 bits per heavy atom. The van der Waals surface area contributed by atoms with Crippen LogP contribution in [0.5, 0.6) is 0 Å². The molecule has 1 aliphatic carbocycles. The fraction of sp³-hybridized carbons (Fsp3) is 0.476. The Labute approximate surface area is 153 Å². The Balaban J connectivity index is 1.78. The van der Waals surface area contributed by atoms with Gasteiger partial charge in [0.15, 0.2) is 0 Å². The molecule has 4 rings (SSSR count). The van der Waals surface area contributed by atoms with Gasteiger partial charge in [0, 0.05) is 17.8 Å². The minimum atomic E-state index is -1.00. The normalized spacial score (nSPS) is 21.7. The van der Waals surface area contributed by atoms with Crippen LogP contribution in [0.25, 0.3) is 0 Å². The molecule has 0 radical (unpaired) electrons. The fourth-order valence-electron chi connectivity index (χ4n) is 3.90. The van der Waals surface area contributed by atoms with Crippen molar-refractivity contribution in [2.24, 2.45) is 0 Å². The van der Waals surface area contributed by atoms with E-state index in [1.807, 2.05) is 0 Å². The predicted molar refractivity (Wildman–Crippen MR) is 97.5 cm³/mol. The molecule has 2 aliphatic rings. The predicted octanol–water partition coefficient (Wildman–Crippen LogP) is 3.80. The van der Waals surface area contributed by atoms with Crippen molar-refractivity contribution >= 4 is 5.97 Å². The van der Waals surface area contributed by atoms with Gasteiger partial charge < -0.3 is 9.84 Å². The lowest BCUT2D eigenvalue weighted by Crippen LogP contribution is -2.40. The number of carboxylic acid groups (broad SMARTS) is 1. The van der Waals surface area contributed by atoms with Gasteiger partial charge in [-0.05, 0) is 43.4 Å². The number of ether oxygens (including phenoxy) is 1. The lowest BCUT2D eigenvalue weighted by molar-refractivity contribution is -0.0587. The van der Waals surface area contributed by atoms with Crippen LogP contribution in [0, 0.1) is 0 Å². The van der Waals surface area contributed by atoms with Crippen molar-refractivity contribution in [2.75, 3.05) is 6.61 Å². The van der Waals surface area contributed by atoms with E-state index in [1.54, 1.807) is 0 Å². The molecule has 2 aromatic rings. The summed E-state index contributed by atoms with van der Waals surface area (Å²) >= 11 is 0. The quantitative estimate of drug-likeness (QED) is 0.910. The summed E-state index contributed by atoms with van der Waals surface area (Å²) < 4.78 is 6.09. The zero-order valence-corrected chi connectivity index (χ0v) is 15.7. The molecule has 1 saturated carbocycles. The summed E-state index contributed by atoms with van der Waals surface area (Å²) in [7, 11) is 0. The maximum atomic E-state index is 11.0. The van der Waals surface area contributed by atoms with Crippen LogP contribution in [0.4, 0.5) is 0 Å². The lowest BCUT2D eigenvalue weighted by Gasteiger charge is -2.42. The molecule has 0 amide bonds. The first-order valence-electron chi connectivity index (χ1n) is 9.01. The minimum absolute atomic E-state index is 0.0506. The van der Waals surface area contributed by atoms with E-state index in [1.165, 1.54) is 29.1 Å². The standard InChI is InChI=1S/C21H24N2O3/c1-19(2)12-26-20(3,4)15-6-5-14(9-16(15)19)21(7-8-21)18-22-10-13(11-23-18)17(24)25/h5-6,9-11H,7-8,12H2,1-4H3,(H,24,25). The smallest absolute Gasteiger partial charge is 0.338 e. The molecule has 2 heterocycles. The highest BCUT2D eigenvalue weighted by molar-refractivity contribution is 5.86. The second kappa shape index (κ2) is 5.36. The number of benzene rings is 1. The molecule has 0 spiro atoms. The summed E-state index contributed by atoms with van der Waals surface area (Å²) in [6, 6.07) is 6.63. The molecule has 1 aromatic heterocycles. The highest BCUT2D eigenvalue weighted by Gasteiger charge is 2.50. The molecule has 5 nitrogen and oxygen atoms in total. The number of hydrogen-bond acceptors (Lipinski definition) is 4. The fourth-order valence-corrected chi connectivity index (χ4v) is 3.90. The maximum absolute atomic E-state index is 11.0. The number of aromatic carboxylic acids is 1. The maximum Gasteiger partial charge on any atom is 0.338 e. The topological polar surface area (TPSA) is 72.3 Å². The van der Waals surface area contributed by atoms with Gasteiger partial charge in [0.2, 0.25) is 0 Å². The van der Waals surface area contributed by atoms with Crippen molar-refractivity contribution in [3.05, 3.63) is 58.7 Å². The average molecular weight is 352 g/mol. The molecule has 0 atom stereocenters. The average Bonchev–Trinajstić information content (AvgIpc) is 3.41. The van der Waals surface area contributed by atoms with E-state index in [2.05, 4.69) is 55.9 Å². The van der Waals surface area contributed by atoms with Crippen LogP contribution in [-0.4, -0.2) is 27.7 Å². The first-order chi connectivity index (χ1) is 12.2. The van der Waals surface area contributed by atoms with Gasteiger partial charge in [-0.3, -0.25) is 0 Å². The molecular weight excluding hydrogens is 328 g/mol. The first kappa shape index (κ1) is 17.2. The van der Waals surface area contributed by atoms with E-state index in [9.17, 15) is 4.79 Å². The van der Waals surface area contributed by atoms with Gasteiger partial charge in [-0.2, -0.15) is 0 Å². The van der Waals surface area contributed by atoms with Crippen molar-refractivity contribution in [3.63, 3.8) is 0 Å². The van der Waals surface area contributed by atoms with Crippen LogP contribution in [0.3, 0.4) is 0 Å². The van der Waals surface area contributed by atoms with Crippen LogP contribution >= 0.6 is 0 Å². The molecule has 0 unspecified atom stereocenters. The Hall–Kier alpha value is -2.27. The molecule has 1 fully saturated rings. The van der Waals surface area contributed by atoms with E-state index in [4.69, 9.17) is 9.84 Å². The van der Waals surface area contributed by atoms with Gasteiger partial charge in [-0.15, -0.1) is 0 Å². The molecule has 1 N–H and O–H groups in total. The molecular formula is C21H24N2O3. The van der Waals surface area contributed by atoms with Gasteiger partial charge in [0.05, 0.1) is 23.2 Å².